The van der Waals surface area contributed by atoms with Crippen molar-refractivity contribution in [1.82, 2.24) is 4.57 Å². The molecule has 1 aliphatic heterocycles. The summed E-state index contributed by atoms with van der Waals surface area (Å²) in [5.41, 5.74) is 2.66. The lowest BCUT2D eigenvalue weighted by atomic mass is 9.93. The second-order valence-corrected chi connectivity index (χ2v) is 10.6. The number of hydrogen-bond acceptors (Lipinski definition) is 8. The van der Waals surface area contributed by atoms with Crippen LogP contribution in [0, 0.1) is 12.3 Å². The van der Waals surface area contributed by atoms with Gasteiger partial charge in [0, 0.05) is 5.56 Å². The molecule has 0 saturated carbocycles. The van der Waals surface area contributed by atoms with Crippen molar-refractivity contribution in [2.45, 2.75) is 26.8 Å². The third-order valence-electron chi connectivity index (χ3n) is 6.76. The fourth-order valence-electron chi connectivity index (χ4n) is 4.94. The van der Waals surface area contributed by atoms with Crippen molar-refractivity contribution in [3.8, 4) is 29.6 Å². The Balaban J connectivity index is 1.73. The zero-order chi connectivity index (χ0) is 31.1. The van der Waals surface area contributed by atoms with E-state index in [0.717, 1.165) is 16.7 Å². The monoisotopic (exact) mass is 608 g/mol. The molecular formula is C35H32N2O6S. The minimum atomic E-state index is -0.781. The Morgan fingerprint density at radius 2 is 1.70 bits per heavy atom. The molecule has 8 nitrogen and oxygen atoms in total. The molecule has 0 spiro atoms. The summed E-state index contributed by atoms with van der Waals surface area (Å²) in [4.78, 5) is 33.2. The maximum atomic E-state index is 14.2. The molecule has 1 atom stereocenters. The highest BCUT2D eigenvalue weighted by molar-refractivity contribution is 7.07. The summed E-state index contributed by atoms with van der Waals surface area (Å²) >= 11 is 1.25. The summed E-state index contributed by atoms with van der Waals surface area (Å²) in [6.45, 7) is 6.77. The van der Waals surface area contributed by atoms with Gasteiger partial charge in [-0.25, -0.2) is 9.79 Å². The second kappa shape index (κ2) is 13.9. The normalized spacial score (nSPS) is 14.3. The van der Waals surface area contributed by atoms with Crippen molar-refractivity contribution in [1.29, 1.82) is 0 Å². The van der Waals surface area contributed by atoms with Gasteiger partial charge in [0.25, 0.3) is 5.56 Å². The molecule has 4 aromatic rings. The number of nitrogens with zero attached hydrogens (tertiary/aromatic N) is 2. The lowest BCUT2D eigenvalue weighted by Gasteiger charge is -2.26. The third-order valence-corrected chi connectivity index (χ3v) is 7.74. The number of hydrogen-bond donors (Lipinski definition) is 0. The number of carbonyl (C=O) groups excluding carboxylic acids is 1. The summed E-state index contributed by atoms with van der Waals surface area (Å²) in [6.07, 6.45) is 7.14. The highest BCUT2D eigenvalue weighted by atomic mass is 32.1. The third kappa shape index (κ3) is 6.31. The lowest BCUT2D eigenvalue weighted by molar-refractivity contribution is -0.138. The second-order valence-electron chi connectivity index (χ2n) is 9.57. The molecule has 44 heavy (non-hydrogen) atoms. The van der Waals surface area contributed by atoms with E-state index in [2.05, 4.69) is 5.92 Å². The fraction of sp³-hybridized carbons (Fsp3) is 0.229. The van der Waals surface area contributed by atoms with Gasteiger partial charge in [0.15, 0.2) is 16.3 Å². The van der Waals surface area contributed by atoms with Gasteiger partial charge in [0.2, 0.25) is 0 Å². The van der Waals surface area contributed by atoms with Crippen LogP contribution in [0.15, 0.2) is 88.2 Å². The Hall–Kier alpha value is -5.07. The van der Waals surface area contributed by atoms with Crippen LogP contribution in [0.3, 0.4) is 0 Å². The summed E-state index contributed by atoms with van der Waals surface area (Å²) in [5.74, 6) is 3.65. The average molecular weight is 609 g/mol. The average Bonchev–Trinajstić information content (AvgIpc) is 3.35. The first-order valence-corrected chi connectivity index (χ1v) is 15.1. The summed E-state index contributed by atoms with van der Waals surface area (Å²) in [6, 6.07) is 21.5. The van der Waals surface area contributed by atoms with Crippen LogP contribution in [-0.4, -0.2) is 37.0 Å². The summed E-state index contributed by atoms with van der Waals surface area (Å²) in [5, 5.41) is 0. The van der Waals surface area contributed by atoms with E-state index in [9.17, 15) is 9.59 Å². The smallest absolute Gasteiger partial charge is 0.338 e. The van der Waals surface area contributed by atoms with E-state index in [1.807, 2.05) is 74.5 Å². The zero-order valence-corrected chi connectivity index (χ0v) is 25.6. The first-order valence-electron chi connectivity index (χ1n) is 14.3. The quantitative estimate of drug-likeness (QED) is 0.181. The van der Waals surface area contributed by atoms with Crippen LogP contribution in [0.5, 0.6) is 17.2 Å². The van der Waals surface area contributed by atoms with Gasteiger partial charge in [-0.1, -0.05) is 65.8 Å². The number of terminal acetylenes is 1. The highest BCUT2D eigenvalue weighted by Gasteiger charge is 2.35. The number of thiazole rings is 1. The molecule has 5 rings (SSSR count). The van der Waals surface area contributed by atoms with Crippen molar-refractivity contribution in [2.75, 3.05) is 26.4 Å². The number of esters is 1. The van der Waals surface area contributed by atoms with Crippen molar-refractivity contribution in [3.05, 3.63) is 115 Å². The molecule has 1 aliphatic rings. The van der Waals surface area contributed by atoms with E-state index >= 15 is 0 Å². The van der Waals surface area contributed by atoms with Gasteiger partial charge in [-0.05, 0) is 62.2 Å². The molecule has 2 heterocycles. The Morgan fingerprint density at radius 3 is 2.39 bits per heavy atom. The van der Waals surface area contributed by atoms with Gasteiger partial charge in [-0.2, -0.15) is 0 Å². The molecule has 0 saturated heterocycles. The number of rotatable bonds is 11. The molecule has 224 valence electrons. The summed E-state index contributed by atoms with van der Waals surface area (Å²) in [7, 11) is 0. The van der Waals surface area contributed by atoms with Gasteiger partial charge >= 0.3 is 5.97 Å². The van der Waals surface area contributed by atoms with E-state index in [0.29, 0.717) is 45.5 Å². The zero-order valence-electron chi connectivity index (χ0n) is 24.7. The topological polar surface area (TPSA) is 88.4 Å². The molecule has 0 radical (unpaired) electrons. The lowest BCUT2D eigenvalue weighted by Crippen LogP contribution is -2.40. The molecule has 1 aromatic heterocycles. The Labute approximate surface area is 259 Å². The van der Waals surface area contributed by atoms with E-state index < -0.39 is 12.0 Å². The maximum absolute atomic E-state index is 14.2. The molecule has 0 fully saturated rings. The van der Waals surface area contributed by atoms with Crippen LogP contribution < -0.4 is 29.1 Å². The van der Waals surface area contributed by atoms with Crippen LogP contribution in [0.1, 0.15) is 43.5 Å². The van der Waals surface area contributed by atoms with E-state index in [4.69, 9.17) is 30.4 Å². The van der Waals surface area contributed by atoms with Crippen LogP contribution >= 0.6 is 11.3 Å². The minimum absolute atomic E-state index is 0.107. The molecule has 0 N–H and O–H groups in total. The fourth-order valence-corrected chi connectivity index (χ4v) is 5.94. The number of fused-ring (bicyclic) bond motifs is 1. The number of carbonyl (C=O) groups is 1. The maximum Gasteiger partial charge on any atom is 0.338 e. The molecule has 0 aliphatic carbocycles. The van der Waals surface area contributed by atoms with E-state index in [-0.39, 0.29) is 24.3 Å². The van der Waals surface area contributed by atoms with Gasteiger partial charge in [0.1, 0.15) is 12.4 Å². The number of ether oxygens (including phenoxy) is 4. The highest BCUT2D eigenvalue weighted by Crippen LogP contribution is 2.36. The summed E-state index contributed by atoms with van der Waals surface area (Å²) < 4.78 is 24.6. The van der Waals surface area contributed by atoms with Crippen molar-refractivity contribution >= 4 is 29.1 Å². The van der Waals surface area contributed by atoms with Gasteiger partial charge in [0.05, 0.1) is 41.7 Å². The first kappa shape index (κ1) is 30.4. The van der Waals surface area contributed by atoms with Gasteiger partial charge in [-0.3, -0.25) is 9.36 Å². The molecule has 0 bridgehead atoms. The number of aromatic nitrogens is 1. The van der Waals surface area contributed by atoms with Crippen molar-refractivity contribution < 1.29 is 23.7 Å². The molecule has 3 aromatic carbocycles. The minimum Gasteiger partial charge on any atom is -0.494 e. The predicted octanol–water partition coefficient (Wildman–Crippen LogP) is 4.75. The first-order chi connectivity index (χ1) is 21.5. The Kier molecular flexibility index (Phi) is 9.62. The van der Waals surface area contributed by atoms with Crippen molar-refractivity contribution in [2.24, 2.45) is 4.99 Å². The van der Waals surface area contributed by atoms with E-state index in [1.54, 1.807) is 29.7 Å². The van der Waals surface area contributed by atoms with Crippen LogP contribution in [0.25, 0.3) is 11.8 Å². The van der Waals surface area contributed by atoms with Crippen LogP contribution in [-0.2, 0) is 9.53 Å². The molecule has 0 amide bonds. The van der Waals surface area contributed by atoms with Crippen molar-refractivity contribution in [3.63, 3.8) is 0 Å². The molecule has 9 heteroatoms. The van der Waals surface area contributed by atoms with Crippen LogP contribution in [0.4, 0.5) is 0 Å². The Bertz CT molecular complexity index is 1900. The molecule has 0 unspecified atom stereocenters. The predicted molar refractivity (Wildman–Crippen MR) is 171 cm³/mol. The number of benzene rings is 3. The Morgan fingerprint density at radius 1 is 0.955 bits per heavy atom. The molecular weight excluding hydrogens is 576 g/mol. The standard InChI is InChI=1S/C35H32N2O6S/c1-5-20-43-27-19-14-23(21-28(27)41-7-3)22-29-33(38)37-32(25-15-17-26(18-16-25)40-6-2)30(34(39)42-8-4)31(36-35(37)44-29)24-12-10-9-11-13-24/h1,9-19,21-22,32H,6-8,20H2,2-4H3/b29-22-/t32-/m0/s1. The largest absolute Gasteiger partial charge is 0.494 e. The van der Waals surface area contributed by atoms with Gasteiger partial charge in [-0.15, -0.1) is 6.42 Å². The van der Waals surface area contributed by atoms with Crippen LogP contribution in [0.2, 0.25) is 0 Å². The van der Waals surface area contributed by atoms with E-state index in [1.165, 1.54) is 11.3 Å². The van der Waals surface area contributed by atoms with Gasteiger partial charge < -0.3 is 18.9 Å². The SMILES string of the molecule is C#CCOc1ccc(/C=c2\sc3n(c2=O)[C@@H](c2ccc(OCC)cc2)C(C(=O)OCC)=C(c2ccccc2)N=3)cc1OCC.